The molecule has 29 heavy (non-hydrogen) atoms. The summed E-state index contributed by atoms with van der Waals surface area (Å²) < 4.78 is 26.3. The summed E-state index contributed by atoms with van der Waals surface area (Å²) in [5.41, 5.74) is 0.457. The standard InChI is InChI=1S/C22H23BrFNO4/c1-13-11-25(21(27)29-22(2,3)4)20(26)18-16(10-15(23)19(24)17(13)18)28-12-14-8-6-5-7-9-14/h5-10,13H,11-12H2,1-4H3. The number of carbonyl (C=O) groups is 2. The molecule has 5 nitrogen and oxygen atoms in total. The Bertz CT molecular complexity index is 940. The van der Waals surface area contributed by atoms with Crippen LogP contribution in [0.2, 0.25) is 0 Å². The largest absolute Gasteiger partial charge is 0.488 e. The maximum atomic E-state index is 14.9. The van der Waals surface area contributed by atoms with Gasteiger partial charge in [-0.3, -0.25) is 4.79 Å². The molecule has 0 saturated heterocycles. The van der Waals surface area contributed by atoms with Gasteiger partial charge in [-0.25, -0.2) is 14.1 Å². The van der Waals surface area contributed by atoms with Crippen molar-refractivity contribution in [2.75, 3.05) is 6.54 Å². The molecule has 2 aromatic rings. The first-order valence-electron chi connectivity index (χ1n) is 9.32. The van der Waals surface area contributed by atoms with Gasteiger partial charge in [-0.05, 0) is 48.3 Å². The van der Waals surface area contributed by atoms with Crippen LogP contribution in [0.4, 0.5) is 9.18 Å². The number of hydrogen-bond donors (Lipinski definition) is 0. The van der Waals surface area contributed by atoms with Crippen LogP contribution in [0.1, 0.15) is 55.1 Å². The number of ether oxygens (including phenoxy) is 2. The molecule has 0 aliphatic carbocycles. The molecule has 0 radical (unpaired) electrons. The number of rotatable bonds is 3. The van der Waals surface area contributed by atoms with Crippen molar-refractivity contribution in [3.63, 3.8) is 0 Å². The van der Waals surface area contributed by atoms with Crippen LogP contribution in [-0.4, -0.2) is 29.0 Å². The third-order valence-corrected chi connectivity index (χ3v) is 5.06. The molecule has 7 heteroatoms. The zero-order valence-corrected chi connectivity index (χ0v) is 18.4. The molecule has 1 atom stereocenters. The van der Waals surface area contributed by atoms with Gasteiger partial charge < -0.3 is 9.47 Å². The van der Waals surface area contributed by atoms with E-state index in [4.69, 9.17) is 9.47 Å². The molecular weight excluding hydrogens is 441 g/mol. The second-order valence-electron chi connectivity index (χ2n) is 8.03. The predicted octanol–water partition coefficient (Wildman–Crippen LogP) is 5.66. The molecular formula is C22H23BrFNO4. The number of hydrogen-bond acceptors (Lipinski definition) is 4. The molecule has 2 aromatic carbocycles. The second kappa shape index (κ2) is 8.14. The lowest BCUT2D eigenvalue weighted by molar-refractivity contribution is 0.0218. The SMILES string of the molecule is CC1CN(C(=O)OC(C)(C)C)C(=O)c2c(OCc3ccccc3)cc(Br)c(F)c21. The lowest BCUT2D eigenvalue weighted by Gasteiger charge is -2.34. The summed E-state index contributed by atoms with van der Waals surface area (Å²) in [5, 5.41) is 0. The van der Waals surface area contributed by atoms with Crippen LogP contribution in [0.5, 0.6) is 5.75 Å². The highest BCUT2D eigenvalue weighted by molar-refractivity contribution is 9.10. The van der Waals surface area contributed by atoms with Crippen LogP contribution >= 0.6 is 15.9 Å². The number of halogens is 2. The van der Waals surface area contributed by atoms with E-state index in [1.807, 2.05) is 30.3 Å². The van der Waals surface area contributed by atoms with E-state index in [1.54, 1.807) is 27.7 Å². The average molecular weight is 464 g/mol. The molecule has 0 spiro atoms. The molecule has 0 aromatic heterocycles. The maximum Gasteiger partial charge on any atom is 0.417 e. The van der Waals surface area contributed by atoms with Gasteiger partial charge in [-0.2, -0.15) is 0 Å². The van der Waals surface area contributed by atoms with E-state index in [0.29, 0.717) is 0 Å². The Morgan fingerprint density at radius 3 is 2.55 bits per heavy atom. The van der Waals surface area contributed by atoms with Crippen LogP contribution in [0, 0.1) is 5.82 Å². The normalized spacial score (nSPS) is 16.4. The van der Waals surface area contributed by atoms with Gasteiger partial charge in [0.05, 0.1) is 10.0 Å². The smallest absolute Gasteiger partial charge is 0.417 e. The van der Waals surface area contributed by atoms with Gasteiger partial charge in [0.25, 0.3) is 5.91 Å². The van der Waals surface area contributed by atoms with E-state index < -0.39 is 29.3 Å². The van der Waals surface area contributed by atoms with Crippen molar-refractivity contribution in [2.45, 2.75) is 45.8 Å². The molecule has 1 unspecified atom stereocenters. The highest BCUT2D eigenvalue weighted by Gasteiger charge is 2.40. The van der Waals surface area contributed by atoms with E-state index in [9.17, 15) is 14.0 Å². The van der Waals surface area contributed by atoms with Gasteiger partial charge in [-0.1, -0.05) is 37.3 Å². The Morgan fingerprint density at radius 2 is 1.93 bits per heavy atom. The highest BCUT2D eigenvalue weighted by Crippen LogP contribution is 2.40. The topological polar surface area (TPSA) is 55.8 Å². The number of carbonyl (C=O) groups excluding carboxylic acids is 2. The van der Waals surface area contributed by atoms with Crippen LogP contribution < -0.4 is 4.74 Å². The zero-order chi connectivity index (χ0) is 21.3. The second-order valence-corrected chi connectivity index (χ2v) is 8.88. The van der Waals surface area contributed by atoms with Crippen molar-refractivity contribution in [3.05, 3.63) is 63.4 Å². The van der Waals surface area contributed by atoms with Crippen molar-refractivity contribution < 1.29 is 23.5 Å². The van der Waals surface area contributed by atoms with Crippen LogP contribution in [-0.2, 0) is 11.3 Å². The molecule has 0 bridgehead atoms. The summed E-state index contributed by atoms with van der Waals surface area (Å²) in [5.74, 6) is -1.33. The molecule has 1 heterocycles. The van der Waals surface area contributed by atoms with Crippen LogP contribution in [0.25, 0.3) is 0 Å². The minimum atomic E-state index is -0.752. The summed E-state index contributed by atoms with van der Waals surface area (Å²) in [6.07, 6.45) is -0.752. The molecule has 0 saturated carbocycles. The molecule has 3 rings (SSSR count). The van der Waals surface area contributed by atoms with E-state index in [1.165, 1.54) is 6.07 Å². The van der Waals surface area contributed by atoms with Gasteiger partial charge in [0, 0.05) is 18.0 Å². The molecule has 154 valence electrons. The molecule has 0 N–H and O–H groups in total. The van der Waals surface area contributed by atoms with Gasteiger partial charge in [-0.15, -0.1) is 0 Å². The van der Waals surface area contributed by atoms with Gasteiger partial charge in [0.15, 0.2) is 0 Å². The molecule has 0 fully saturated rings. The first kappa shape index (κ1) is 21.3. The van der Waals surface area contributed by atoms with Gasteiger partial charge >= 0.3 is 6.09 Å². The van der Waals surface area contributed by atoms with E-state index in [-0.39, 0.29) is 34.5 Å². The third-order valence-electron chi connectivity index (χ3n) is 4.48. The first-order chi connectivity index (χ1) is 13.6. The monoisotopic (exact) mass is 463 g/mol. The fraction of sp³-hybridized carbons (Fsp3) is 0.364. The zero-order valence-electron chi connectivity index (χ0n) is 16.8. The summed E-state index contributed by atoms with van der Waals surface area (Å²) >= 11 is 3.21. The summed E-state index contributed by atoms with van der Waals surface area (Å²) in [6.45, 7) is 7.18. The Morgan fingerprint density at radius 1 is 1.28 bits per heavy atom. The summed E-state index contributed by atoms with van der Waals surface area (Å²) in [6, 6.07) is 10.9. The van der Waals surface area contributed by atoms with Crippen molar-refractivity contribution in [1.29, 1.82) is 0 Å². The van der Waals surface area contributed by atoms with Crippen LogP contribution in [0.15, 0.2) is 40.9 Å². The minimum absolute atomic E-state index is 0.0340. The van der Waals surface area contributed by atoms with E-state index >= 15 is 0 Å². The lowest BCUT2D eigenvalue weighted by Crippen LogP contribution is -2.46. The maximum absolute atomic E-state index is 14.9. The van der Waals surface area contributed by atoms with Crippen molar-refractivity contribution in [3.8, 4) is 5.75 Å². The number of benzene rings is 2. The quantitative estimate of drug-likeness (QED) is 0.588. The molecule has 1 aliphatic rings. The molecule has 2 amide bonds. The minimum Gasteiger partial charge on any atom is -0.488 e. The van der Waals surface area contributed by atoms with Gasteiger partial charge in [0.1, 0.15) is 23.8 Å². The van der Waals surface area contributed by atoms with Crippen LogP contribution in [0.3, 0.4) is 0 Å². The van der Waals surface area contributed by atoms with Crippen molar-refractivity contribution >= 4 is 27.9 Å². The highest BCUT2D eigenvalue weighted by atomic mass is 79.9. The Balaban J connectivity index is 1.99. The number of fused-ring (bicyclic) bond motifs is 1. The Labute approximate surface area is 177 Å². The Kier molecular flexibility index (Phi) is 5.98. The molecule has 1 aliphatic heterocycles. The Hall–Kier alpha value is -2.41. The fourth-order valence-corrected chi connectivity index (χ4v) is 3.63. The number of amides is 2. The first-order valence-corrected chi connectivity index (χ1v) is 10.1. The van der Waals surface area contributed by atoms with Crippen molar-refractivity contribution in [2.24, 2.45) is 0 Å². The van der Waals surface area contributed by atoms with Gasteiger partial charge in [0.2, 0.25) is 0 Å². The fourth-order valence-electron chi connectivity index (χ4n) is 3.21. The average Bonchev–Trinajstić information content (AvgIpc) is 2.64. The van der Waals surface area contributed by atoms with E-state index in [2.05, 4.69) is 15.9 Å². The summed E-state index contributed by atoms with van der Waals surface area (Å²) in [7, 11) is 0. The predicted molar refractivity (Wildman–Crippen MR) is 111 cm³/mol. The van der Waals surface area contributed by atoms with E-state index in [0.717, 1.165) is 10.5 Å². The van der Waals surface area contributed by atoms with Crippen molar-refractivity contribution in [1.82, 2.24) is 4.90 Å². The number of imide groups is 1. The number of nitrogens with zero attached hydrogens (tertiary/aromatic N) is 1. The third kappa shape index (κ3) is 4.61. The lowest BCUT2D eigenvalue weighted by atomic mass is 9.89. The summed E-state index contributed by atoms with van der Waals surface area (Å²) in [4.78, 5) is 26.7.